The van der Waals surface area contributed by atoms with Crippen molar-refractivity contribution in [1.29, 1.82) is 0 Å². The summed E-state index contributed by atoms with van der Waals surface area (Å²) in [5, 5.41) is 7.87. The first kappa shape index (κ1) is 70.2. The van der Waals surface area contributed by atoms with Crippen LogP contribution in [0.1, 0.15) is 255 Å². The fraction of sp³-hybridized carbons (Fsp3) is 0.477. The molecule has 0 fully saturated rings. The summed E-state index contributed by atoms with van der Waals surface area (Å²) in [5.41, 5.74) is 9.66. The molecule has 0 radical (unpaired) electrons. The summed E-state index contributed by atoms with van der Waals surface area (Å²) in [6.45, 7) is 14.8. The van der Waals surface area contributed by atoms with Crippen LogP contribution in [0.3, 0.4) is 0 Å². The highest BCUT2D eigenvalue weighted by atomic mass is 32.1. The quantitative estimate of drug-likeness (QED) is 0.0358. The topological polar surface area (TPSA) is 40.6 Å². The lowest BCUT2D eigenvalue weighted by Crippen LogP contribution is -2.35. The molecule has 2 aliphatic heterocycles. The van der Waals surface area contributed by atoms with Gasteiger partial charge >= 0.3 is 0 Å². The zero-order valence-corrected chi connectivity index (χ0v) is 61.3. The van der Waals surface area contributed by atoms with Crippen LogP contribution in [0, 0.1) is 25.7 Å². The maximum Gasteiger partial charge on any atom is 0.261 e. The molecule has 3 aromatic heterocycles. The Labute approximate surface area is 583 Å². The van der Waals surface area contributed by atoms with Crippen molar-refractivity contribution in [2.45, 2.75) is 247 Å². The van der Waals surface area contributed by atoms with Crippen molar-refractivity contribution in [2.75, 3.05) is 13.1 Å². The van der Waals surface area contributed by atoms with Gasteiger partial charge in [-0.2, -0.15) is 0 Å². The van der Waals surface area contributed by atoms with E-state index in [4.69, 9.17) is 0 Å². The van der Waals surface area contributed by atoms with Gasteiger partial charge in [-0.05, 0) is 131 Å². The number of nitrogens with zero attached hydrogens (tertiary/aromatic N) is 2. The van der Waals surface area contributed by atoms with Crippen LogP contribution in [0.25, 0.3) is 84.4 Å². The van der Waals surface area contributed by atoms with E-state index in [1.807, 2.05) is 34.0 Å². The smallest absolute Gasteiger partial charge is 0.261 e. The van der Waals surface area contributed by atoms with Gasteiger partial charge < -0.3 is 9.80 Å². The van der Waals surface area contributed by atoms with E-state index in [1.165, 1.54) is 258 Å². The third-order valence-corrected chi connectivity index (χ3v) is 24.6. The number of hydrogen-bond acceptors (Lipinski definition) is 5. The molecule has 0 saturated heterocycles. The van der Waals surface area contributed by atoms with E-state index in [2.05, 4.69) is 185 Å². The number of rotatable bonds is 41. The van der Waals surface area contributed by atoms with Crippen LogP contribution >= 0.6 is 34.0 Å². The molecule has 2 unspecified atom stereocenters. The largest absolute Gasteiger partial charge is 0.307 e. The summed E-state index contributed by atoms with van der Waals surface area (Å²) in [7, 11) is 0. The Morgan fingerprint density at radius 2 is 0.653 bits per heavy atom. The molecule has 2 atom stereocenters. The molecule has 5 heterocycles. The number of aryl methyl sites for hydroxylation is 2. The van der Waals surface area contributed by atoms with E-state index in [0.29, 0.717) is 36.1 Å². The summed E-state index contributed by atoms with van der Waals surface area (Å²) < 4.78 is 2.72. The number of carbonyl (C=O) groups excluding carboxylic acids is 2. The Hall–Kier alpha value is -6.12. The van der Waals surface area contributed by atoms with Gasteiger partial charge in [0.15, 0.2) is 0 Å². The number of unbranched alkanes of at least 4 members (excludes halogenated alkanes) is 24. The van der Waals surface area contributed by atoms with Crippen molar-refractivity contribution >= 4 is 98.9 Å². The van der Waals surface area contributed by atoms with Gasteiger partial charge in [0.25, 0.3) is 11.8 Å². The second-order valence-electron chi connectivity index (χ2n) is 28.5. The van der Waals surface area contributed by atoms with E-state index < -0.39 is 0 Å². The Kier molecular flexibility index (Phi) is 26.2. The lowest BCUT2D eigenvalue weighted by atomic mass is 9.92. The highest BCUT2D eigenvalue weighted by Crippen LogP contribution is 2.50. The van der Waals surface area contributed by atoms with Gasteiger partial charge in [0.2, 0.25) is 0 Å². The Morgan fingerprint density at radius 1 is 0.316 bits per heavy atom. The lowest BCUT2D eigenvalue weighted by molar-refractivity contribution is -0.124. The zero-order valence-electron chi connectivity index (χ0n) is 58.8. The van der Waals surface area contributed by atoms with Gasteiger partial charge in [-0.3, -0.25) is 9.59 Å². The lowest BCUT2D eigenvalue weighted by Gasteiger charge is -2.30. The molecule has 0 N–H and O–H groups in total. The summed E-state index contributed by atoms with van der Waals surface area (Å²) >= 11 is 5.58. The van der Waals surface area contributed by atoms with Gasteiger partial charge in [-0.15, -0.1) is 34.0 Å². The molecule has 0 saturated carbocycles. The molecule has 2 aliphatic rings. The molecule has 0 bridgehead atoms. The fourth-order valence-corrected chi connectivity index (χ4v) is 18.8. The number of amides is 2. The van der Waals surface area contributed by atoms with Gasteiger partial charge in [-0.1, -0.05) is 316 Å². The molecule has 9 aromatic rings. The second-order valence-corrected chi connectivity index (χ2v) is 31.9. The first-order chi connectivity index (χ1) is 46.7. The highest BCUT2D eigenvalue weighted by molar-refractivity contribution is 7.27. The molecule has 7 heteroatoms. The Balaban J connectivity index is 0.937. The number of carbonyl (C=O) groups is 2. The minimum absolute atomic E-state index is 0.0113. The van der Waals surface area contributed by atoms with E-state index >= 15 is 9.59 Å². The summed E-state index contributed by atoms with van der Waals surface area (Å²) in [6.07, 6.45) is 40.1. The van der Waals surface area contributed by atoms with Crippen LogP contribution in [0.5, 0.6) is 0 Å². The van der Waals surface area contributed by atoms with Crippen LogP contribution in [0.4, 0.5) is 0 Å². The van der Waals surface area contributed by atoms with E-state index in [9.17, 15) is 0 Å². The number of benzene rings is 6. The van der Waals surface area contributed by atoms with Crippen LogP contribution in [-0.2, 0) is 9.59 Å². The molecule has 0 spiro atoms. The summed E-state index contributed by atoms with van der Waals surface area (Å²) in [6, 6.07) is 49.9. The third kappa shape index (κ3) is 17.6. The summed E-state index contributed by atoms with van der Waals surface area (Å²) in [4.78, 5) is 41.7. The van der Waals surface area contributed by atoms with Crippen molar-refractivity contribution in [2.24, 2.45) is 11.8 Å². The maximum atomic E-state index is 16.3. The minimum atomic E-state index is 0.0113. The first-order valence-electron chi connectivity index (χ1n) is 37.9. The van der Waals surface area contributed by atoms with Gasteiger partial charge in [0, 0.05) is 52.8 Å². The maximum absolute atomic E-state index is 16.3. The van der Waals surface area contributed by atoms with Crippen molar-refractivity contribution in [3.05, 3.63) is 166 Å². The van der Waals surface area contributed by atoms with E-state index in [1.54, 1.807) is 0 Å². The van der Waals surface area contributed by atoms with Crippen molar-refractivity contribution in [3.8, 4) is 31.3 Å². The summed E-state index contributed by atoms with van der Waals surface area (Å²) in [5.74, 6) is 0.718. The van der Waals surface area contributed by atoms with E-state index in [-0.39, 0.29) is 11.8 Å². The van der Waals surface area contributed by atoms with Crippen LogP contribution < -0.4 is 0 Å². The third-order valence-electron chi connectivity index (χ3n) is 21.0. The van der Waals surface area contributed by atoms with Crippen molar-refractivity contribution in [1.82, 2.24) is 9.80 Å². The predicted molar refractivity (Wildman–Crippen MR) is 417 cm³/mol. The minimum Gasteiger partial charge on any atom is -0.307 e. The highest BCUT2D eigenvalue weighted by Gasteiger charge is 2.49. The number of hydrogen-bond donors (Lipinski definition) is 0. The molecule has 95 heavy (non-hydrogen) atoms. The van der Waals surface area contributed by atoms with Gasteiger partial charge in [0.05, 0.1) is 22.5 Å². The predicted octanol–water partition coefficient (Wildman–Crippen LogP) is 27.7. The number of fused-ring (bicyclic) bond motifs is 8. The molecular formula is C88H110N2O2S3. The monoisotopic (exact) mass is 1320 g/mol. The normalized spacial score (nSPS) is 14.2. The molecule has 502 valence electrons. The molecule has 6 aromatic carbocycles. The van der Waals surface area contributed by atoms with Crippen LogP contribution in [0.15, 0.2) is 145 Å². The Morgan fingerprint density at radius 3 is 1.06 bits per heavy atom. The van der Waals surface area contributed by atoms with Crippen LogP contribution in [0.2, 0.25) is 0 Å². The average molecular weight is 1320 g/mol. The average Bonchev–Trinajstić information content (AvgIpc) is 1.56. The number of thiophene rings is 3. The molecule has 2 amide bonds. The fourth-order valence-electron chi connectivity index (χ4n) is 15.5. The van der Waals surface area contributed by atoms with Gasteiger partial charge in [-0.25, -0.2) is 0 Å². The molecule has 0 aliphatic carbocycles. The van der Waals surface area contributed by atoms with Crippen molar-refractivity contribution in [3.63, 3.8) is 0 Å². The second kappa shape index (κ2) is 35.4. The SMILES string of the molecule is CCCCCCCCCCC(CCCCCCCC)CN1C(=O)C2=C(c3ccc(-c4ccc(-c5ccc6c(ccc7c8ccc9cc(C)ccc9c8sc67)c5)s4)cc3)N(CC(CCCCCCCC)CCCCCCCCCC)C(=O)C2=C1c1ccc(-c2ccc(C)s2)cc1. The van der Waals surface area contributed by atoms with Gasteiger partial charge in [0.1, 0.15) is 0 Å². The first-order valence-corrected chi connectivity index (χ1v) is 40.4. The molecular weight excluding hydrogens is 1210 g/mol. The zero-order chi connectivity index (χ0) is 65.9. The standard InChI is InChI=1S/C88H110N2O2S3/c1-7-11-15-19-23-25-29-33-37-65(35-31-27-21-17-13-9-3)61-89-83(69-45-41-67(42-46-69)78-56-40-64(6)93-78)81-82(88(89)92)84(90(87(81)91)62-66(36-32-28-22-18-14-10-4)38-34-30-26-24-20-16-12-8-2)70-47-43-68(44-48-70)79-57-58-80(94-79)73-51-53-75-72(60-73)50-55-77-76-54-49-71-59-63(5)39-52-74(71)85(76)95-86(75)77/h39-60,65-66H,7-38,61-62H2,1-6H3. The van der Waals surface area contributed by atoms with Crippen molar-refractivity contribution < 1.29 is 9.59 Å². The Bertz CT molecular complexity index is 4020. The van der Waals surface area contributed by atoms with Crippen LogP contribution in [-0.4, -0.2) is 34.7 Å². The molecule has 11 rings (SSSR count). The van der Waals surface area contributed by atoms with E-state index in [0.717, 1.165) is 53.8 Å². The molecule has 4 nitrogen and oxygen atoms in total.